The Kier molecular flexibility index (Phi) is 3.34. The van der Waals surface area contributed by atoms with E-state index in [-0.39, 0.29) is 0 Å². The number of ether oxygens (including phenoxy) is 1. The Bertz CT molecular complexity index is 503. The van der Waals surface area contributed by atoms with Crippen LogP contribution in [0.25, 0.3) is 0 Å². The predicted molar refractivity (Wildman–Crippen MR) is 64.6 cm³/mol. The van der Waals surface area contributed by atoms with Crippen LogP contribution in [-0.2, 0) is 6.54 Å². The molecule has 0 saturated carbocycles. The molecule has 6 heteroatoms. The highest BCUT2D eigenvalue weighted by Gasteiger charge is 2.05. The summed E-state index contributed by atoms with van der Waals surface area (Å²) in [5.74, 6) is 1.51. The number of anilines is 2. The number of nitrogens with zero attached hydrogens (tertiary/aromatic N) is 3. The van der Waals surface area contributed by atoms with E-state index in [4.69, 9.17) is 10.5 Å². The van der Waals surface area contributed by atoms with Crippen LogP contribution in [0.4, 0.5) is 11.6 Å². The number of rotatable bonds is 4. The van der Waals surface area contributed by atoms with Gasteiger partial charge in [0.05, 0.1) is 7.11 Å². The third-order valence-electron chi connectivity index (χ3n) is 2.22. The average molecular weight is 231 g/mol. The summed E-state index contributed by atoms with van der Waals surface area (Å²) in [5, 5.41) is 3.09. The second-order valence-corrected chi connectivity index (χ2v) is 3.32. The van der Waals surface area contributed by atoms with Gasteiger partial charge in [-0.25, -0.2) is 15.0 Å². The zero-order valence-corrected chi connectivity index (χ0v) is 9.42. The molecule has 0 amide bonds. The van der Waals surface area contributed by atoms with Gasteiger partial charge < -0.3 is 15.8 Å². The molecule has 0 atom stereocenters. The molecule has 0 unspecified atom stereocenters. The fraction of sp³-hybridized carbons (Fsp3) is 0.182. The summed E-state index contributed by atoms with van der Waals surface area (Å²) in [6.45, 7) is 0.528. The normalized spacial score (nSPS) is 9.94. The fourth-order valence-corrected chi connectivity index (χ4v) is 1.41. The van der Waals surface area contributed by atoms with E-state index in [1.165, 1.54) is 0 Å². The quantitative estimate of drug-likeness (QED) is 0.818. The van der Waals surface area contributed by atoms with Crippen LogP contribution in [0.2, 0.25) is 0 Å². The highest BCUT2D eigenvalue weighted by Crippen LogP contribution is 2.16. The van der Waals surface area contributed by atoms with Crippen molar-refractivity contribution in [3.8, 4) is 5.88 Å². The van der Waals surface area contributed by atoms with E-state index < -0.39 is 0 Å². The summed E-state index contributed by atoms with van der Waals surface area (Å²) >= 11 is 0. The first-order valence-electron chi connectivity index (χ1n) is 5.09. The molecule has 0 aliphatic rings. The van der Waals surface area contributed by atoms with Crippen molar-refractivity contribution in [3.63, 3.8) is 0 Å². The van der Waals surface area contributed by atoms with Gasteiger partial charge in [-0.2, -0.15) is 0 Å². The van der Waals surface area contributed by atoms with E-state index in [0.717, 1.165) is 5.56 Å². The zero-order chi connectivity index (χ0) is 12.1. The Labute approximate surface area is 98.9 Å². The number of hydrogen-bond acceptors (Lipinski definition) is 6. The number of nitrogens with one attached hydrogen (secondary N) is 1. The third kappa shape index (κ3) is 2.60. The molecule has 2 heterocycles. The van der Waals surface area contributed by atoms with Gasteiger partial charge in [0, 0.05) is 30.7 Å². The maximum atomic E-state index is 5.67. The number of hydrogen-bond donors (Lipinski definition) is 2. The maximum Gasteiger partial charge on any atom is 0.218 e. The second-order valence-electron chi connectivity index (χ2n) is 3.32. The van der Waals surface area contributed by atoms with Gasteiger partial charge in [-0.05, 0) is 6.07 Å². The fourth-order valence-electron chi connectivity index (χ4n) is 1.41. The minimum atomic E-state index is 0.371. The summed E-state index contributed by atoms with van der Waals surface area (Å²) < 4.78 is 5.15. The predicted octanol–water partition coefficient (Wildman–Crippen LogP) is 1.07. The molecule has 0 spiro atoms. The lowest BCUT2D eigenvalue weighted by molar-refractivity contribution is 0.393. The van der Waals surface area contributed by atoms with Crippen molar-refractivity contribution < 1.29 is 4.74 Å². The molecule has 0 bridgehead atoms. The van der Waals surface area contributed by atoms with Crippen LogP contribution in [0.5, 0.6) is 5.88 Å². The first kappa shape index (κ1) is 11.1. The largest absolute Gasteiger partial charge is 0.481 e. The Hall–Kier alpha value is -2.37. The number of pyridine rings is 1. The van der Waals surface area contributed by atoms with Gasteiger partial charge in [-0.1, -0.05) is 6.07 Å². The SMILES string of the molecule is COc1ncccc1CNc1nccnc1N. The molecule has 2 rings (SSSR count). The molecule has 6 nitrogen and oxygen atoms in total. The van der Waals surface area contributed by atoms with E-state index in [2.05, 4.69) is 20.3 Å². The maximum absolute atomic E-state index is 5.67. The molecule has 17 heavy (non-hydrogen) atoms. The summed E-state index contributed by atoms with van der Waals surface area (Å²) in [6.07, 6.45) is 4.81. The van der Waals surface area contributed by atoms with Crippen molar-refractivity contribution in [2.24, 2.45) is 0 Å². The minimum Gasteiger partial charge on any atom is -0.481 e. The molecular weight excluding hydrogens is 218 g/mol. The third-order valence-corrected chi connectivity index (χ3v) is 2.22. The summed E-state index contributed by atoms with van der Waals surface area (Å²) in [5.41, 5.74) is 6.60. The second kappa shape index (κ2) is 5.11. The van der Waals surface area contributed by atoms with Crippen molar-refractivity contribution in [2.45, 2.75) is 6.54 Å². The van der Waals surface area contributed by atoms with Crippen LogP contribution in [0.1, 0.15) is 5.56 Å². The highest BCUT2D eigenvalue weighted by atomic mass is 16.5. The average Bonchev–Trinajstić information content (AvgIpc) is 2.38. The van der Waals surface area contributed by atoms with Crippen LogP contribution >= 0.6 is 0 Å². The minimum absolute atomic E-state index is 0.371. The smallest absolute Gasteiger partial charge is 0.218 e. The topological polar surface area (TPSA) is 86.0 Å². The van der Waals surface area contributed by atoms with Gasteiger partial charge in [0.25, 0.3) is 0 Å². The van der Waals surface area contributed by atoms with Crippen LogP contribution in [-0.4, -0.2) is 22.1 Å². The molecule has 0 saturated heterocycles. The van der Waals surface area contributed by atoms with Crippen LogP contribution in [0.15, 0.2) is 30.7 Å². The van der Waals surface area contributed by atoms with Gasteiger partial charge in [0.2, 0.25) is 5.88 Å². The molecule has 0 aromatic carbocycles. The molecule has 3 N–H and O–H groups in total. The van der Waals surface area contributed by atoms with E-state index >= 15 is 0 Å². The lowest BCUT2D eigenvalue weighted by Crippen LogP contribution is -2.07. The monoisotopic (exact) mass is 231 g/mol. The summed E-state index contributed by atoms with van der Waals surface area (Å²) in [6, 6.07) is 3.77. The Balaban J connectivity index is 2.10. The van der Waals surface area contributed by atoms with E-state index in [1.807, 2.05) is 12.1 Å². The van der Waals surface area contributed by atoms with E-state index in [1.54, 1.807) is 25.7 Å². The standard InChI is InChI=1S/C11H13N5O/c1-17-11-8(3-2-4-15-11)7-16-10-9(12)13-5-6-14-10/h2-6H,7H2,1H3,(H2,12,13)(H,14,16). The molecule has 0 fully saturated rings. The van der Waals surface area contributed by atoms with Crippen LogP contribution in [0, 0.1) is 0 Å². The molecule has 2 aromatic heterocycles. The van der Waals surface area contributed by atoms with Gasteiger partial charge in [0.1, 0.15) is 0 Å². The van der Waals surface area contributed by atoms with E-state index in [0.29, 0.717) is 24.1 Å². The van der Waals surface area contributed by atoms with E-state index in [9.17, 15) is 0 Å². The molecule has 0 aliphatic carbocycles. The molecule has 0 radical (unpaired) electrons. The lowest BCUT2D eigenvalue weighted by Gasteiger charge is -2.09. The zero-order valence-electron chi connectivity index (χ0n) is 9.42. The first-order chi connectivity index (χ1) is 8.31. The number of nitrogen functional groups attached to an aromatic ring is 1. The van der Waals surface area contributed by atoms with Crippen LogP contribution in [0.3, 0.4) is 0 Å². The molecule has 0 aliphatic heterocycles. The van der Waals surface area contributed by atoms with Crippen molar-refractivity contribution in [1.82, 2.24) is 15.0 Å². The highest BCUT2D eigenvalue weighted by molar-refractivity contribution is 5.55. The van der Waals surface area contributed by atoms with Gasteiger partial charge in [-0.3, -0.25) is 0 Å². The summed E-state index contributed by atoms with van der Waals surface area (Å²) in [4.78, 5) is 12.1. The van der Waals surface area contributed by atoms with Crippen molar-refractivity contribution in [1.29, 1.82) is 0 Å². The number of methoxy groups -OCH3 is 1. The molecular formula is C11H13N5O. The molecule has 2 aromatic rings. The van der Waals surface area contributed by atoms with Crippen molar-refractivity contribution >= 4 is 11.6 Å². The molecule has 88 valence electrons. The van der Waals surface area contributed by atoms with Crippen molar-refractivity contribution in [2.75, 3.05) is 18.2 Å². The van der Waals surface area contributed by atoms with Gasteiger partial charge in [0.15, 0.2) is 11.6 Å². The van der Waals surface area contributed by atoms with Gasteiger partial charge >= 0.3 is 0 Å². The summed E-state index contributed by atoms with van der Waals surface area (Å²) in [7, 11) is 1.59. The van der Waals surface area contributed by atoms with Crippen LogP contribution < -0.4 is 15.8 Å². The Morgan fingerprint density at radius 2 is 2.06 bits per heavy atom. The van der Waals surface area contributed by atoms with Crippen molar-refractivity contribution in [3.05, 3.63) is 36.3 Å². The lowest BCUT2D eigenvalue weighted by atomic mass is 10.2. The first-order valence-corrected chi connectivity index (χ1v) is 5.09. The Morgan fingerprint density at radius 3 is 2.82 bits per heavy atom. The number of aromatic nitrogens is 3. The van der Waals surface area contributed by atoms with Gasteiger partial charge in [-0.15, -0.1) is 0 Å². The Morgan fingerprint density at radius 1 is 1.24 bits per heavy atom. The number of nitrogens with two attached hydrogens (primary N) is 1.